The summed E-state index contributed by atoms with van der Waals surface area (Å²) < 4.78 is 0.503. The van der Waals surface area contributed by atoms with Gasteiger partial charge in [0.1, 0.15) is 9.57 Å². The second kappa shape index (κ2) is 4.75. The van der Waals surface area contributed by atoms with Crippen LogP contribution in [0.2, 0.25) is 0 Å². The first-order valence-corrected chi connectivity index (χ1v) is 5.58. The molecule has 1 rings (SSSR count). The molecule has 0 unspecified atom stereocenters. The highest BCUT2D eigenvalue weighted by Gasteiger charge is 2.37. The van der Waals surface area contributed by atoms with Crippen LogP contribution < -0.4 is 0 Å². The fourth-order valence-corrected chi connectivity index (χ4v) is 2.75. The van der Waals surface area contributed by atoms with Crippen LogP contribution in [0, 0.1) is 0 Å². The van der Waals surface area contributed by atoms with Gasteiger partial charge in [-0.3, -0.25) is 14.5 Å². The number of rotatable bonds is 4. The normalized spacial score (nSPS) is 21.8. The Hall–Kier alpha value is -0.620. The first-order chi connectivity index (χ1) is 6.56. The zero-order valence-electron chi connectivity index (χ0n) is 7.73. The third-order valence-electron chi connectivity index (χ3n) is 1.81. The fourth-order valence-electron chi connectivity index (χ4n) is 1.21. The van der Waals surface area contributed by atoms with E-state index in [9.17, 15) is 9.59 Å². The quantitative estimate of drug-likeness (QED) is 0.737. The third-order valence-corrected chi connectivity index (χ3v) is 3.40. The van der Waals surface area contributed by atoms with Crippen LogP contribution >= 0.6 is 24.0 Å². The minimum Gasteiger partial charge on any atom is -0.481 e. The van der Waals surface area contributed by atoms with Crippen molar-refractivity contribution in [3.05, 3.63) is 0 Å². The lowest BCUT2D eigenvalue weighted by Crippen LogP contribution is -2.32. The monoisotopic (exact) mass is 233 g/mol. The molecule has 1 fully saturated rings. The molecule has 0 bridgehead atoms. The summed E-state index contributed by atoms with van der Waals surface area (Å²) in [6.45, 7) is 2.53. The molecule has 0 saturated carbocycles. The predicted octanol–water partition coefficient (Wildman–Crippen LogP) is 1.10. The van der Waals surface area contributed by atoms with E-state index in [0.717, 1.165) is 6.42 Å². The molecule has 14 heavy (non-hydrogen) atoms. The van der Waals surface area contributed by atoms with Crippen molar-refractivity contribution in [2.75, 3.05) is 6.54 Å². The second-order valence-corrected chi connectivity index (χ2v) is 4.80. The Labute approximate surface area is 91.6 Å². The Morgan fingerprint density at radius 1 is 1.71 bits per heavy atom. The number of amides is 1. The van der Waals surface area contributed by atoms with Crippen molar-refractivity contribution in [3.63, 3.8) is 0 Å². The van der Waals surface area contributed by atoms with Crippen molar-refractivity contribution in [1.29, 1.82) is 0 Å². The number of thiocarbonyl (C=S) groups is 1. The average Bonchev–Trinajstić information content (AvgIpc) is 2.32. The summed E-state index contributed by atoms with van der Waals surface area (Å²) in [5, 5.41) is 8.05. The summed E-state index contributed by atoms with van der Waals surface area (Å²) in [6.07, 6.45) is 0.677. The number of thioether (sulfide) groups is 1. The Kier molecular flexibility index (Phi) is 3.88. The molecule has 0 radical (unpaired) electrons. The first kappa shape index (κ1) is 11.5. The van der Waals surface area contributed by atoms with Gasteiger partial charge in [-0.15, -0.1) is 0 Å². The van der Waals surface area contributed by atoms with Crippen molar-refractivity contribution >= 4 is 40.2 Å². The molecular weight excluding hydrogens is 222 g/mol. The Morgan fingerprint density at radius 2 is 2.36 bits per heavy atom. The number of aliphatic carboxylic acids is 1. The highest BCUT2D eigenvalue weighted by molar-refractivity contribution is 8.24. The zero-order valence-corrected chi connectivity index (χ0v) is 9.36. The summed E-state index contributed by atoms with van der Waals surface area (Å²) >= 11 is 6.17. The lowest BCUT2D eigenvalue weighted by atomic mass is 10.2. The Morgan fingerprint density at radius 3 is 2.86 bits per heavy atom. The average molecular weight is 233 g/mol. The Balaban J connectivity index is 2.64. The summed E-state index contributed by atoms with van der Waals surface area (Å²) in [4.78, 5) is 23.5. The molecule has 1 N–H and O–H groups in total. The molecule has 0 aliphatic carbocycles. The van der Waals surface area contributed by atoms with E-state index >= 15 is 0 Å². The van der Waals surface area contributed by atoms with Gasteiger partial charge in [0.15, 0.2) is 0 Å². The molecule has 4 nitrogen and oxygen atoms in total. The van der Waals surface area contributed by atoms with E-state index in [2.05, 4.69) is 0 Å². The second-order valence-electron chi connectivity index (χ2n) is 2.96. The van der Waals surface area contributed by atoms with Gasteiger partial charge in [-0.05, 0) is 6.42 Å². The van der Waals surface area contributed by atoms with E-state index in [1.54, 1.807) is 0 Å². The molecule has 6 heteroatoms. The topological polar surface area (TPSA) is 57.6 Å². The van der Waals surface area contributed by atoms with Gasteiger partial charge in [-0.25, -0.2) is 0 Å². The smallest absolute Gasteiger partial charge is 0.305 e. The van der Waals surface area contributed by atoms with Crippen molar-refractivity contribution in [2.24, 2.45) is 0 Å². The minimum absolute atomic E-state index is 0.149. The van der Waals surface area contributed by atoms with Gasteiger partial charge < -0.3 is 5.11 Å². The maximum Gasteiger partial charge on any atom is 0.305 e. The lowest BCUT2D eigenvalue weighted by Gasteiger charge is -2.13. The molecule has 1 saturated heterocycles. The van der Waals surface area contributed by atoms with E-state index in [1.165, 1.54) is 16.7 Å². The summed E-state index contributed by atoms with van der Waals surface area (Å²) in [5.74, 6) is -1.12. The van der Waals surface area contributed by atoms with Crippen molar-refractivity contribution in [3.8, 4) is 0 Å². The van der Waals surface area contributed by atoms with E-state index in [4.69, 9.17) is 17.3 Å². The third kappa shape index (κ3) is 2.45. The molecule has 78 valence electrons. The molecule has 0 aromatic carbocycles. The van der Waals surface area contributed by atoms with Gasteiger partial charge in [0.05, 0.1) is 6.42 Å². The van der Waals surface area contributed by atoms with E-state index in [1.807, 2.05) is 6.92 Å². The molecule has 0 aromatic rings. The van der Waals surface area contributed by atoms with Crippen LogP contribution in [-0.4, -0.2) is 38.0 Å². The zero-order chi connectivity index (χ0) is 10.7. The number of carbonyl (C=O) groups excluding carboxylic acids is 1. The molecule has 1 aliphatic rings. The van der Waals surface area contributed by atoms with Gasteiger partial charge >= 0.3 is 5.97 Å². The van der Waals surface area contributed by atoms with Crippen LogP contribution in [0.4, 0.5) is 0 Å². The highest BCUT2D eigenvalue weighted by Crippen LogP contribution is 2.29. The maximum atomic E-state index is 11.6. The number of hydrogen-bond donors (Lipinski definition) is 1. The summed E-state index contributed by atoms with van der Waals surface area (Å²) in [5.41, 5.74) is 0. The largest absolute Gasteiger partial charge is 0.481 e. The van der Waals surface area contributed by atoms with Gasteiger partial charge in [0.2, 0.25) is 5.91 Å². The molecule has 1 aliphatic heterocycles. The van der Waals surface area contributed by atoms with Crippen LogP contribution in [0.1, 0.15) is 19.8 Å². The number of carboxylic acid groups (broad SMARTS) is 1. The van der Waals surface area contributed by atoms with Gasteiger partial charge in [0, 0.05) is 6.54 Å². The van der Waals surface area contributed by atoms with Crippen LogP contribution in [0.3, 0.4) is 0 Å². The molecular formula is C8H11NO3S2. The van der Waals surface area contributed by atoms with Crippen molar-refractivity contribution < 1.29 is 14.7 Å². The van der Waals surface area contributed by atoms with Crippen molar-refractivity contribution in [1.82, 2.24) is 4.90 Å². The predicted molar refractivity (Wildman–Crippen MR) is 58.2 cm³/mol. The summed E-state index contributed by atoms with van der Waals surface area (Å²) in [6, 6.07) is 0. The molecule has 1 heterocycles. The molecule has 1 amide bonds. The number of nitrogens with zero attached hydrogens (tertiary/aromatic N) is 1. The van der Waals surface area contributed by atoms with Crippen molar-refractivity contribution in [2.45, 2.75) is 25.0 Å². The van der Waals surface area contributed by atoms with Crippen LogP contribution in [-0.2, 0) is 9.59 Å². The lowest BCUT2D eigenvalue weighted by molar-refractivity contribution is -0.139. The Bertz CT molecular complexity index is 280. The van der Waals surface area contributed by atoms with Crippen LogP contribution in [0.15, 0.2) is 0 Å². The number of hydrogen-bond acceptors (Lipinski definition) is 4. The first-order valence-electron chi connectivity index (χ1n) is 4.30. The van der Waals surface area contributed by atoms with Gasteiger partial charge in [-0.1, -0.05) is 30.9 Å². The minimum atomic E-state index is -0.961. The summed E-state index contributed by atoms with van der Waals surface area (Å²) in [7, 11) is 0. The number of carbonyl (C=O) groups is 2. The van der Waals surface area contributed by atoms with E-state index in [0.29, 0.717) is 10.9 Å². The van der Waals surface area contributed by atoms with E-state index in [-0.39, 0.29) is 12.3 Å². The van der Waals surface area contributed by atoms with Gasteiger partial charge in [0.25, 0.3) is 0 Å². The fraction of sp³-hybridized carbons (Fsp3) is 0.625. The van der Waals surface area contributed by atoms with Crippen LogP contribution in [0.5, 0.6) is 0 Å². The molecule has 0 aromatic heterocycles. The van der Waals surface area contributed by atoms with Gasteiger partial charge in [-0.2, -0.15) is 0 Å². The number of carboxylic acids is 1. The van der Waals surface area contributed by atoms with Crippen LogP contribution in [0.25, 0.3) is 0 Å². The maximum absolute atomic E-state index is 11.6. The standard InChI is InChI=1S/C8H11NO3S2/c1-2-3-9-7(12)5(4-6(10)11)14-8(9)13/h5H,2-4H2,1H3,(H,10,11)/t5-/m0/s1. The molecule has 1 atom stereocenters. The SMILES string of the molecule is CCCN1C(=O)[C@H](CC(=O)O)SC1=S. The van der Waals surface area contributed by atoms with E-state index < -0.39 is 11.2 Å². The highest BCUT2D eigenvalue weighted by atomic mass is 32.2. The molecule has 0 spiro atoms.